The molecule has 1 saturated heterocycles. The molecular formula is C29H33ClO8. The highest BCUT2D eigenvalue weighted by Crippen LogP contribution is 2.67. The Balaban J connectivity index is 1.62. The van der Waals surface area contributed by atoms with E-state index in [-0.39, 0.29) is 40.5 Å². The fourth-order valence-electron chi connectivity index (χ4n) is 7.93. The number of benzene rings is 1. The van der Waals surface area contributed by atoms with E-state index in [1.54, 1.807) is 31.2 Å². The van der Waals surface area contributed by atoms with Crippen molar-refractivity contribution in [3.63, 3.8) is 0 Å². The number of carbonyl (C=O) groups excluding carboxylic acids is 3. The highest BCUT2D eigenvalue weighted by atomic mass is 35.5. The van der Waals surface area contributed by atoms with E-state index >= 15 is 0 Å². The Bertz CT molecular complexity index is 1270. The van der Waals surface area contributed by atoms with Crippen LogP contribution in [-0.4, -0.2) is 55.4 Å². The summed E-state index contributed by atoms with van der Waals surface area (Å²) in [5, 5.41) is 12.0. The number of fused-ring (bicyclic) bond motifs is 2. The van der Waals surface area contributed by atoms with Crippen LogP contribution in [0.15, 0.2) is 47.4 Å². The molecule has 1 heterocycles. The second kappa shape index (κ2) is 9.21. The summed E-state index contributed by atoms with van der Waals surface area (Å²) in [4.78, 5) is 41.0. The topological polar surface area (TPSA) is 108 Å². The SMILES string of the molecule is COC1=C[C@@H](C)[C@@H]2C[C@H]3O[C@H](OC(=O)c4cccc(Cl)c4)[C@H](O)[C@H]4C(C)=C(OC)C(=O)[C@H]([C@@]2(C)C1=O)[C@]43C. The Morgan fingerprint density at radius 1 is 1.18 bits per heavy atom. The van der Waals surface area contributed by atoms with Crippen LogP contribution < -0.4 is 0 Å². The van der Waals surface area contributed by atoms with Crippen molar-refractivity contribution in [2.45, 2.75) is 52.6 Å². The molecule has 0 aromatic heterocycles. The summed E-state index contributed by atoms with van der Waals surface area (Å²) >= 11 is 6.05. The van der Waals surface area contributed by atoms with E-state index < -0.39 is 47.1 Å². The van der Waals surface area contributed by atoms with Crippen LogP contribution in [0.25, 0.3) is 0 Å². The summed E-state index contributed by atoms with van der Waals surface area (Å²) in [6.45, 7) is 7.46. The minimum atomic E-state index is -1.31. The molecule has 0 bridgehead atoms. The molecule has 0 radical (unpaired) electrons. The van der Waals surface area contributed by atoms with E-state index in [9.17, 15) is 19.5 Å². The summed E-state index contributed by atoms with van der Waals surface area (Å²) in [7, 11) is 2.86. The Morgan fingerprint density at radius 3 is 2.53 bits per heavy atom. The highest BCUT2D eigenvalue weighted by molar-refractivity contribution is 6.30. The first-order valence-corrected chi connectivity index (χ1v) is 13.2. The van der Waals surface area contributed by atoms with Crippen LogP contribution in [-0.2, 0) is 28.5 Å². The molecule has 8 nitrogen and oxygen atoms in total. The number of methoxy groups -OCH3 is 2. The van der Waals surface area contributed by atoms with E-state index in [2.05, 4.69) is 0 Å². The Hall–Kier alpha value is -2.68. The molecule has 0 amide bonds. The van der Waals surface area contributed by atoms with Gasteiger partial charge in [-0.1, -0.05) is 38.4 Å². The highest BCUT2D eigenvalue weighted by Gasteiger charge is 2.73. The summed E-state index contributed by atoms with van der Waals surface area (Å²) in [5.41, 5.74) is -1.32. The predicted octanol–water partition coefficient (Wildman–Crippen LogP) is 4.10. The molecule has 2 fully saturated rings. The van der Waals surface area contributed by atoms with E-state index in [1.807, 2.05) is 20.8 Å². The van der Waals surface area contributed by atoms with Gasteiger partial charge in [0.15, 0.2) is 11.5 Å². The van der Waals surface area contributed by atoms with Crippen LogP contribution in [0, 0.1) is 34.5 Å². The van der Waals surface area contributed by atoms with Gasteiger partial charge >= 0.3 is 5.97 Å². The number of carbonyl (C=O) groups is 3. The first kappa shape index (κ1) is 26.9. The molecule has 3 aliphatic carbocycles. The monoisotopic (exact) mass is 544 g/mol. The van der Waals surface area contributed by atoms with Crippen molar-refractivity contribution in [3.05, 3.63) is 58.0 Å². The lowest BCUT2D eigenvalue weighted by atomic mass is 9.40. The smallest absolute Gasteiger partial charge is 0.340 e. The van der Waals surface area contributed by atoms with Gasteiger partial charge in [-0.25, -0.2) is 4.79 Å². The summed E-state index contributed by atoms with van der Waals surface area (Å²) in [5.74, 6) is -2.73. The number of hydrogen-bond acceptors (Lipinski definition) is 8. The molecule has 1 aromatic rings. The van der Waals surface area contributed by atoms with Gasteiger partial charge in [0.25, 0.3) is 0 Å². The largest absolute Gasteiger partial charge is 0.493 e. The summed E-state index contributed by atoms with van der Waals surface area (Å²) < 4.78 is 23.1. The van der Waals surface area contributed by atoms with Crippen LogP contribution in [0.1, 0.15) is 44.5 Å². The zero-order valence-corrected chi connectivity index (χ0v) is 23.1. The number of ether oxygens (including phenoxy) is 4. The van der Waals surface area contributed by atoms with E-state index in [4.69, 9.17) is 30.5 Å². The lowest BCUT2D eigenvalue weighted by molar-refractivity contribution is -0.307. The maximum Gasteiger partial charge on any atom is 0.340 e. The minimum Gasteiger partial charge on any atom is -0.493 e. The lowest BCUT2D eigenvalue weighted by Gasteiger charge is -2.66. The molecular weight excluding hydrogens is 512 g/mol. The number of halogens is 1. The van der Waals surface area contributed by atoms with Crippen molar-refractivity contribution in [2.24, 2.45) is 34.5 Å². The standard InChI is InChI=1S/C29H33ClO8/c1-13-10-18(35-5)25(33)28(3)17(13)12-19-29(4)20(14(2)23(36-6)22(32)24(28)29)21(31)27(37-19)38-26(34)15-8-7-9-16(30)11-15/h7-11,13,17,19-21,24,27,31H,12H2,1-6H3/t13-,17+,19-,20-,21-,24-,27-,28+,29+/m1/s1. The first-order valence-electron chi connectivity index (χ1n) is 12.8. The minimum absolute atomic E-state index is 0.0932. The number of aliphatic hydroxyl groups is 1. The van der Waals surface area contributed by atoms with Crippen molar-refractivity contribution < 1.29 is 38.4 Å². The number of hydrogen-bond donors (Lipinski definition) is 1. The zero-order chi connectivity index (χ0) is 27.7. The Morgan fingerprint density at radius 2 is 1.89 bits per heavy atom. The molecule has 9 atom stereocenters. The summed E-state index contributed by atoms with van der Waals surface area (Å²) in [6, 6.07) is 6.32. The van der Waals surface area contributed by atoms with Gasteiger partial charge in [-0.15, -0.1) is 0 Å². The number of rotatable bonds is 4. The van der Waals surface area contributed by atoms with E-state index in [0.717, 1.165) is 0 Å². The van der Waals surface area contributed by atoms with Crippen LogP contribution >= 0.6 is 11.6 Å². The number of aliphatic hydroxyl groups excluding tert-OH is 1. The molecule has 5 rings (SSSR count). The molecule has 0 spiro atoms. The Kier molecular flexibility index (Phi) is 6.52. The second-order valence-corrected chi connectivity index (χ2v) is 11.7. The molecule has 1 aliphatic heterocycles. The average Bonchev–Trinajstić information content (AvgIpc) is 2.86. The normalized spacial score (nSPS) is 40.1. The van der Waals surface area contributed by atoms with Gasteiger partial charge in [0.2, 0.25) is 17.9 Å². The third-order valence-corrected chi connectivity index (χ3v) is 9.76. The molecule has 204 valence electrons. The molecule has 38 heavy (non-hydrogen) atoms. The van der Waals surface area contributed by atoms with Gasteiger partial charge in [0, 0.05) is 27.7 Å². The van der Waals surface area contributed by atoms with Gasteiger partial charge in [-0.2, -0.15) is 0 Å². The molecule has 4 aliphatic rings. The fraction of sp³-hybridized carbons (Fsp3) is 0.552. The van der Waals surface area contributed by atoms with Crippen molar-refractivity contribution in [1.82, 2.24) is 0 Å². The maximum atomic E-state index is 14.1. The maximum absolute atomic E-state index is 14.1. The Labute approximate surface area is 226 Å². The van der Waals surface area contributed by atoms with Crippen molar-refractivity contribution in [1.29, 1.82) is 0 Å². The zero-order valence-electron chi connectivity index (χ0n) is 22.3. The van der Waals surface area contributed by atoms with Gasteiger partial charge in [-0.05, 0) is 55.0 Å². The van der Waals surface area contributed by atoms with Gasteiger partial charge < -0.3 is 24.1 Å². The van der Waals surface area contributed by atoms with Gasteiger partial charge in [0.1, 0.15) is 6.10 Å². The van der Waals surface area contributed by atoms with Crippen molar-refractivity contribution >= 4 is 29.1 Å². The van der Waals surface area contributed by atoms with Crippen molar-refractivity contribution in [2.75, 3.05) is 14.2 Å². The average molecular weight is 545 g/mol. The van der Waals surface area contributed by atoms with Crippen LogP contribution in [0.3, 0.4) is 0 Å². The van der Waals surface area contributed by atoms with E-state index in [0.29, 0.717) is 17.0 Å². The number of esters is 1. The molecule has 9 heteroatoms. The first-order chi connectivity index (χ1) is 17.9. The van der Waals surface area contributed by atoms with Crippen LogP contribution in [0.5, 0.6) is 0 Å². The van der Waals surface area contributed by atoms with Crippen LogP contribution in [0.2, 0.25) is 5.02 Å². The van der Waals surface area contributed by atoms with Crippen LogP contribution in [0.4, 0.5) is 0 Å². The molecule has 0 unspecified atom stereocenters. The predicted molar refractivity (Wildman–Crippen MR) is 137 cm³/mol. The third-order valence-electron chi connectivity index (χ3n) is 9.52. The fourth-order valence-corrected chi connectivity index (χ4v) is 8.12. The van der Waals surface area contributed by atoms with Gasteiger partial charge in [-0.3, -0.25) is 9.59 Å². The number of ketones is 2. The van der Waals surface area contributed by atoms with Crippen molar-refractivity contribution in [3.8, 4) is 0 Å². The number of Topliss-reactive ketones (excluding diaryl/α,β-unsaturated/α-hetero) is 2. The van der Waals surface area contributed by atoms with Gasteiger partial charge in [0.05, 0.1) is 25.9 Å². The number of allylic oxidation sites excluding steroid dienone is 3. The molecule has 1 saturated carbocycles. The third kappa shape index (κ3) is 3.53. The summed E-state index contributed by atoms with van der Waals surface area (Å²) in [6.07, 6.45) is -0.957. The molecule has 1 N–H and O–H groups in total. The van der Waals surface area contributed by atoms with E-state index in [1.165, 1.54) is 20.3 Å². The second-order valence-electron chi connectivity index (χ2n) is 11.3. The molecule has 1 aromatic carbocycles. The lowest BCUT2D eigenvalue weighted by Crippen LogP contribution is -2.72. The quantitative estimate of drug-likeness (QED) is 0.564.